The molecule has 0 saturated heterocycles. The number of hydrazine groups is 1. The Morgan fingerprint density at radius 3 is 2.50 bits per heavy atom. The van der Waals surface area contributed by atoms with Crippen LogP contribution in [0.4, 0.5) is 15.9 Å². The zero-order valence-electron chi connectivity index (χ0n) is 18.3. The number of carbonyl (C=O) groups excluding carboxylic acids is 2. The largest absolute Gasteiger partial charge is 0.497 e. The van der Waals surface area contributed by atoms with E-state index < -0.39 is 17.6 Å². The molecule has 0 aliphatic carbocycles. The first kappa shape index (κ1) is 21.4. The van der Waals surface area contributed by atoms with Crippen molar-refractivity contribution in [2.24, 2.45) is 0 Å². The average Bonchev–Trinajstić information content (AvgIpc) is 3.28. The monoisotopic (exact) mass is 456 g/mol. The quantitative estimate of drug-likeness (QED) is 0.451. The summed E-state index contributed by atoms with van der Waals surface area (Å²) in [4.78, 5) is 31.5. The molecule has 0 atom stereocenters. The molecule has 0 bridgehead atoms. The number of methoxy groups -OCH3 is 1. The first-order chi connectivity index (χ1) is 16.5. The molecule has 8 heteroatoms. The Balaban J connectivity index is 1.30. The van der Waals surface area contributed by atoms with Crippen LogP contribution >= 0.6 is 0 Å². The van der Waals surface area contributed by atoms with Crippen LogP contribution in [0.15, 0.2) is 72.8 Å². The van der Waals surface area contributed by atoms with Crippen LogP contribution in [0.1, 0.15) is 26.3 Å². The Morgan fingerprint density at radius 1 is 0.971 bits per heavy atom. The molecule has 7 nitrogen and oxygen atoms in total. The Hall–Kier alpha value is -4.46. The zero-order chi connectivity index (χ0) is 23.7. The second kappa shape index (κ2) is 8.82. The molecule has 170 valence electrons. The van der Waals surface area contributed by atoms with E-state index in [4.69, 9.17) is 9.72 Å². The van der Waals surface area contributed by atoms with Crippen molar-refractivity contribution < 1.29 is 18.7 Å². The van der Waals surface area contributed by atoms with Crippen LogP contribution in [0.5, 0.6) is 5.75 Å². The van der Waals surface area contributed by atoms with Gasteiger partial charge in [0, 0.05) is 29.2 Å². The fourth-order valence-electron chi connectivity index (χ4n) is 4.01. The van der Waals surface area contributed by atoms with Crippen molar-refractivity contribution in [2.45, 2.75) is 6.42 Å². The first-order valence-electron chi connectivity index (χ1n) is 10.7. The molecule has 3 aromatic carbocycles. The highest BCUT2D eigenvalue weighted by Crippen LogP contribution is 2.35. The average molecular weight is 456 g/mol. The van der Waals surface area contributed by atoms with Gasteiger partial charge in [-0.05, 0) is 66.6 Å². The number of aromatic nitrogens is 1. The molecule has 1 aromatic heterocycles. The maximum Gasteiger partial charge on any atom is 0.272 e. The van der Waals surface area contributed by atoms with Crippen molar-refractivity contribution in [2.75, 3.05) is 18.6 Å². The molecule has 2 N–H and O–H groups in total. The van der Waals surface area contributed by atoms with E-state index in [-0.39, 0.29) is 5.56 Å². The van der Waals surface area contributed by atoms with Crippen LogP contribution in [-0.2, 0) is 6.42 Å². The summed E-state index contributed by atoms with van der Waals surface area (Å²) in [6.45, 7) is 0.778. The number of hydrogen-bond donors (Lipinski definition) is 2. The van der Waals surface area contributed by atoms with Crippen LogP contribution in [0, 0.1) is 5.82 Å². The van der Waals surface area contributed by atoms with Crippen molar-refractivity contribution in [3.05, 3.63) is 95.3 Å². The van der Waals surface area contributed by atoms with Gasteiger partial charge in [-0.15, -0.1) is 0 Å². The molecule has 0 spiro atoms. The van der Waals surface area contributed by atoms with Crippen molar-refractivity contribution in [3.63, 3.8) is 0 Å². The van der Waals surface area contributed by atoms with Gasteiger partial charge >= 0.3 is 0 Å². The Bertz CT molecular complexity index is 1410. The number of hydrogen-bond acceptors (Lipinski definition) is 5. The Labute approximate surface area is 195 Å². The third-order valence-corrected chi connectivity index (χ3v) is 5.79. The van der Waals surface area contributed by atoms with E-state index in [2.05, 4.69) is 21.8 Å². The highest BCUT2D eigenvalue weighted by Gasteiger charge is 2.23. The number of rotatable bonds is 4. The number of halogens is 1. The van der Waals surface area contributed by atoms with E-state index in [0.29, 0.717) is 5.56 Å². The second-order valence-electron chi connectivity index (χ2n) is 7.87. The molecule has 5 rings (SSSR count). The van der Waals surface area contributed by atoms with Gasteiger partial charge < -0.3 is 9.64 Å². The molecule has 0 fully saturated rings. The molecule has 1 aliphatic heterocycles. The first-order valence-corrected chi connectivity index (χ1v) is 10.7. The fourth-order valence-corrected chi connectivity index (χ4v) is 4.01. The maximum atomic E-state index is 13.7. The molecule has 0 unspecified atom stereocenters. The van der Waals surface area contributed by atoms with Gasteiger partial charge in [0.2, 0.25) is 0 Å². The summed E-state index contributed by atoms with van der Waals surface area (Å²) >= 11 is 0. The number of pyridine rings is 1. The summed E-state index contributed by atoms with van der Waals surface area (Å²) in [7, 11) is 1.63. The summed E-state index contributed by atoms with van der Waals surface area (Å²) in [5, 5.41) is 1.06. The molecular weight excluding hydrogens is 435 g/mol. The number of benzene rings is 3. The van der Waals surface area contributed by atoms with Crippen molar-refractivity contribution in [1.29, 1.82) is 0 Å². The molecule has 0 radical (unpaired) electrons. The summed E-state index contributed by atoms with van der Waals surface area (Å²) in [6.07, 6.45) is 0.870. The summed E-state index contributed by atoms with van der Waals surface area (Å²) < 4.78 is 19.0. The van der Waals surface area contributed by atoms with Gasteiger partial charge in [-0.3, -0.25) is 20.4 Å². The number of ether oxygens (including phenoxy) is 1. The summed E-state index contributed by atoms with van der Waals surface area (Å²) in [5.41, 5.74) is 7.68. The summed E-state index contributed by atoms with van der Waals surface area (Å²) in [5.74, 6) is -0.262. The second-order valence-corrected chi connectivity index (χ2v) is 7.87. The molecule has 0 saturated carbocycles. The minimum absolute atomic E-state index is 0.150. The van der Waals surface area contributed by atoms with Crippen molar-refractivity contribution in [3.8, 4) is 5.75 Å². The van der Waals surface area contributed by atoms with E-state index in [9.17, 15) is 14.0 Å². The van der Waals surface area contributed by atoms with E-state index in [0.717, 1.165) is 46.7 Å². The van der Waals surface area contributed by atoms with Crippen LogP contribution < -0.4 is 20.5 Å². The maximum absolute atomic E-state index is 13.7. The lowest BCUT2D eigenvalue weighted by molar-refractivity contribution is 0.0844. The molecule has 34 heavy (non-hydrogen) atoms. The van der Waals surface area contributed by atoms with Gasteiger partial charge in [0.1, 0.15) is 17.4 Å². The third-order valence-electron chi connectivity index (χ3n) is 5.79. The van der Waals surface area contributed by atoms with Crippen LogP contribution in [0.2, 0.25) is 0 Å². The van der Waals surface area contributed by atoms with Crippen LogP contribution in [0.3, 0.4) is 0 Å². The van der Waals surface area contributed by atoms with E-state index in [1.165, 1.54) is 18.2 Å². The number of amides is 2. The molecular formula is C26H21FN4O3. The van der Waals surface area contributed by atoms with Gasteiger partial charge in [0.25, 0.3) is 11.8 Å². The number of nitrogens with one attached hydrogen (secondary N) is 2. The number of fused-ring (bicyclic) bond motifs is 2. The Morgan fingerprint density at radius 2 is 1.74 bits per heavy atom. The SMILES string of the molecule is COc1ccc2cc3c(nc2c1)N(c1ccc(C(=O)NNC(=O)c2ccccc2F)cc1)CC3. The van der Waals surface area contributed by atoms with Gasteiger partial charge in [-0.25, -0.2) is 9.37 Å². The van der Waals surface area contributed by atoms with E-state index in [1.807, 2.05) is 30.3 Å². The van der Waals surface area contributed by atoms with Crippen LogP contribution in [0.25, 0.3) is 10.9 Å². The smallest absolute Gasteiger partial charge is 0.272 e. The minimum Gasteiger partial charge on any atom is -0.497 e. The zero-order valence-corrected chi connectivity index (χ0v) is 18.3. The van der Waals surface area contributed by atoms with E-state index >= 15 is 0 Å². The molecule has 2 heterocycles. The van der Waals surface area contributed by atoms with Gasteiger partial charge in [0.15, 0.2) is 0 Å². The topological polar surface area (TPSA) is 83.6 Å². The van der Waals surface area contributed by atoms with Crippen LogP contribution in [-0.4, -0.2) is 30.5 Å². The lowest BCUT2D eigenvalue weighted by Gasteiger charge is -2.19. The van der Waals surface area contributed by atoms with Crippen molar-refractivity contribution in [1.82, 2.24) is 15.8 Å². The summed E-state index contributed by atoms with van der Waals surface area (Å²) in [6, 6.07) is 20.5. The molecule has 2 amide bonds. The molecule has 4 aromatic rings. The minimum atomic E-state index is -0.730. The van der Waals surface area contributed by atoms with E-state index in [1.54, 1.807) is 25.3 Å². The number of anilines is 2. The van der Waals surface area contributed by atoms with Gasteiger partial charge in [-0.2, -0.15) is 0 Å². The number of carbonyl (C=O) groups is 2. The normalized spacial score (nSPS) is 12.4. The highest BCUT2D eigenvalue weighted by atomic mass is 19.1. The van der Waals surface area contributed by atoms with Crippen molar-refractivity contribution >= 4 is 34.2 Å². The standard InChI is InChI=1S/C26H21FN4O3/c1-34-20-11-8-17-14-18-12-13-31(24(18)28-23(17)15-20)19-9-6-16(7-10-19)25(32)29-30-26(33)21-4-2-3-5-22(21)27/h2-11,14-15H,12-13H2,1H3,(H,29,32)(H,30,33). The van der Waals surface area contributed by atoms with Gasteiger partial charge in [0.05, 0.1) is 18.2 Å². The third kappa shape index (κ3) is 4.01. The highest BCUT2D eigenvalue weighted by molar-refractivity contribution is 5.99. The number of nitrogens with zero attached hydrogens (tertiary/aromatic N) is 2. The van der Waals surface area contributed by atoms with Gasteiger partial charge in [-0.1, -0.05) is 12.1 Å². The predicted octanol–water partition coefficient (Wildman–Crippen LogP) is 4.15. The Kier molecular flexibility index (Phi) is 5.55. The fraction of sp³-hybridized carbons (Fsp3) is 0.115. The molecule has 1 aliphatic rings. The lowest BCUT2D eigenvalue weighted by atomic mass is 10.1. The predicted molar refractivity (Wildman–Crippen MR) is 127 cm³/mol. The lowest BCUT2D eigenvalue weighted by Crippen LogP contribution is -2.41.